The second-order valence-corrected chi connectivity index (χ2v) is 6.90. The first-order valence-electron chi connectivity index (χ1n) is 8.44. The molecule has 3 rings (SSSR count). The third kappa shape index (κ3) is 4.45. The van der Waals surface area contributed by atoms with Crippen molar-refractivity contribution in [3.63, 3.8) is 0 Å². The SMILES string of the molecule is CCc1nnc(S/C(=C/c2cc([N+](=O)[O-])ccc2N2CCCC2)C(=O)[O-])o1. The number of carboxylic acid groups (broad SMARTS) is 1. The average Bonchev–Trinajstić information content (AvgIpc) is 3.32. The van der Waals surface area contributed by atoms with Gasteiger partial charge in [0.15, 0.2) is 0 Å². The number of nitrogens with zero attached hydrogens (tertiary/aromatic N) is 4. The van der Waals surface area contributed by atoms with Gasteiger partial charge in [-0.05, 0) is 36.7 Å². The minimum Gasteiger partial charge on any atom is -0.544 e. The molecule has 27 heavy (non-hydrogen) atoms. The summed E-state index contributed by atoms with van der Waals surface area (Å²) in [5.74, 6) is -1.03. The zero-order valence-corrected chi connectivity index (χ0v) is 15.4. The molecule has 9 nitrogen and oxygen atoms in total. The lowest BCUT2D eigenvalue weighted by molar-refractivity contribution is -0.384. The molecule has 1 fully saturated rings. The lowest BCUT2D eigenvalue weighted by Crippen LogP contribution is -2.23. The number of aliphatic carboxylic acids is 1. The number of nitro groups is 1. The van der Waals surface area contributed by atoms with Gasteiger partial charge in [0.1, 0.15) is 0 Å². The molecule has 10 heteroatoms. The van der Waals surface area contributed by atoms with Crippen molar-refractivity contribution in [1.82, 2.24) is 10.2 Å². The lowest BCUT2D eigenvalue weighted by Gasteiger charge is -2.20. The van der Waals surface area contributed by atoms with Crippen molar-refractivity contribution in [3.8, 4) is 0 Å². The Bertz CT molecular complexity index is 889. The normalized spacial score (nSPS) is 14.6. The summed E-state index contributed by atoms with van der Waals surface area (Å²) in [5.41, 5.74) is 1.07. The number of carboxylic acids is 1. The molecule has 0 spiro atoms. The molecule has 2 heterocycles. The number of hydrogen-bond donors (Lipinski definition) is 0. The molecule has 0 saturated carbocycles. The minimum atomic E-state index is -1.42. The predicted octanol–water partition coefficient (Wildman–Crippen LogP) is 2.02. The van der Waals surface area contributed by atoms with E-state index in [1.54, 1.807) is 6.07 Å². The van der Waals surface area contributed by atoms with Crippen molar-refractivity contribution < 1.29 is 19.2 Å². The Hall–Kier alpha value is -2.88. The summed E-state index contributed by atoms with van der Waals surface area (Å²) in [6.07, 6.45) is 3.92. The first-order valence-corrected chi connectivity index (χ1v) is 9.26. The molecule has 2 aromatic rings. The standard InChI is InChI=1S/C17H18N4O5S/c1-2-15-18-19-17(26-15)27-14(16(22)23)10-11-9-12(21(24)25)5-6-13(11)20-7-3-4-8-20/h5-6,9-10H,2-4,7-8H2,1H3,(H,22,23)/p-1/b14-10+. The van der Waals surface area contributed by atoms with Crippen LogP contribution in [0.15, 0.2) is 32.7 Å². The molecule has 142 valence electrons. The first-order chi connectivity index (χ1) is 13.0. The van der Waals surface area contributed by atoms with Gasteiger partial charge in [-0.2, -0.15) is 0 Å². The molecule has 1 aromatic carbocycles. The molecule has 0 aliphatic carbocycles. The summed E-state index contributed by atoms with van der Waals surface area (Å²) >= 11 is 0.764. The zero-order chi connectivity index (χ0) is 19.4. The Morgan fingerprint density at radius 3 is 2.70 bits per heavy atom. The van der Waals surface area contributed by atoms with Crippen molar-refractivity contribution in [1.29, 1.82) is 0 Å². The van der Waals surface area contributed by atoms with Crippen LogP contribution in [0.1, 0.15) is 31.2 Å². The van der Waals surface area contributed by atoms with E-state index in [-0.39, 0.29) is 15.8 Å². The van der Waals surface area contributed by atoms with Crippen LogP contribution in [0.5, 0.6) is 0 Å². The van der Waals surface area contributed by atoms with Crippen LogP contribution in [0.3, 0.4) is 0 Å². The molecule has 0 radical (unpaired) electrons. The number of rotatable bonds is 7. The maximum atomic E-state index is 11.6. The molecule has 1 aliphatic rings. The zero-order valence-electron chi connectivity index (χ0n) is 14.6. The van der Waals surface area contributed by atoms with Crippen LogP contribution in [0.4, 0.5) is 11.4 Å². The number of nitro benzene ring substituents is 1. The minimum absolute atomic E-state index is 0.0791. The van der Waals surface area contributed by atoms with Gasteiger partial charge < -0.3 is 19.2 Å². The number of benzene rings is 1. The summed E-state index contributed by atoms with van der Waals surface area (Å²) in [6.45, 7) is 3.47. The van der Waals surface area contributed by atoms with Crippen LogP contribution in [0, 0.1) is 10.1 Å². The maximum absolute atomic E-state index is 11.6. The Morgan fingerprint density at radius 1 is 1.37 bits per heavy atom. The number of thioether (sulfide) groups is 1. The quantitative estimate of drug-likeness (QED) is 0.302. The molecule has 1 aliphatic heterocycles. The van der Waals surface area contributed by atoms with E-state index in [4.69, 9.17) is 4.42 Å². The van der Waals surface area contributed by atoms with Gasteiger partial charge in [-0.3, -0.25) is 10.1 Å². The van der Waals surface area contributed by atoms with Crippen LogP contribution >= 0.6 is 11.8 Å². The van der Waals surface area contributed by atoms with Crippen molar-refractivity contribution in [2.45, 2.75) is 31.4 Å². The maximum Gasteiger partial charge on any atom is 0.281 e. The van der Waals surface area contributed by atoms with Crippen molar-refractivity contribution >= 4 is 35.2 Å². The van der Waals surface area contributed by atoms with Crippen LogP contribution < -0.4 is 10.0 Å². The third-order valence-electron chi connectivity index (χ3n) is 4.10. The lowest BCUT2D eigenvalue weighted by atomic mass is 10.1. The molecule has 1 aromatic heterocycles. The van der Waals surface area contributed by atoms with E-state index < -0.39 is 10.9 Å². The van der Waals surface area contributed by atoms with E-state index in [0.717, 1.165) is 43.4 Å². The Kier molecular flexibility index (Phi) is 5.75. The summed E-state index contributed by atoms with van der Waals surface area (Å²) in [6, 6.07) is 4.43. The largest absolute Gasteiger partial charge is 0.544 e. The molecule has 0 amide bonds. The molecule has 0 bridgehead atoms. The monoisotopic (exact) mass is 389 g/mol. The molecule has 0 atom stereocenters. The van der Waals surface area contributed by atoms with Gasteiger partial charge in [0.2, 0.25) is 5.89 Å². The number of aromatic nitrogens is 2. The number of carbonyl (C=O) groups excluding carboxylic acids is 1. The van der Waals surface area contributed by atoms with E-state index in [2.05, 4.69) is 15.1 Å². The highest BCUT2D eigenvalue weighted by Crippen LogP contribution is 2.33. The second kappa shape index (κ2) is 8.21. The van der Waals surface area contributed by atoms with E-state index in [1.165, 1.54) is 18.2 Å². The van der Waals surface area contributed by atoms with Gasteiger partial charge in [0.05, 0.1) is 10.9 Å². The summed E-state index contributed by atoms with van der Waals surface area (Å²) < 4.78 is 5.33. The Balaban J connectivity index is 2.00. The van der Waals surface area contributed by atoms with Crippen LogP contribution in [0.25, 0.3) is 6.08 Å². The number of carbonyl (C=O) groups is 1. The molecule has 0 unspecified atom stereocenters. The van der Waals surface area contributed by atoms with Gasteiger partial charge in [-0.25, -0.2) is 0 Å². The smallest absolute Gasteiger partial charge is 0.281 e. The van der Waals surface area contributed by atoms with Crippen molar-refractivity contribution in [3.05, 3.63) is 44.7 Å². The van der Waals surface area contributed by atoms with Gasteiger partial charge in [0, 0.05) is 47.8 Å². The summed E-state index contributed by atoms with van der Waals surface area (Å²) in [4.78, 5) is 24.1. The predicted molar refractivity (Wildman–Crippen MR) is 97.1 cm³/mol. The molecular formula is C17H17N4O5S-. The molecule has 1 saturated heterocycles. The number of hydrogen-bond acceptors (Lipinski definition) is 9. The highest BCUT2D eigenvalue weighted by molar-refractivity contribution is 8.03. The van der Waals surface area contributed by atoms with E-state index in [1.807, 2.05) is 6.92 Å². The fourth-order valence-corrected chi connectivity index (χ4v) is 3.48. The summed E-state index contributed by atoms with van der Waals surface area (Å²) in [5, 5.41) is 30.4. The topological polar surface area (TPSA) is 125 Å². The van der Waals surface area contributed by atoms with Gasteiger partial charge in [0.25, 0.3) is 10.9 Å². The Labute approximate surface area is 159 Å². The number of anilines is 1. The van der Waals surface area contributed by atoms with E-state index in [0.29, 0.717) is 17.9 Å². The highest BCUT2D eigenvalue weighted by Gasteiger charge is 2.19. The number of non-ortho nitro benzene ring substituents is 1. The van der Waals surface area contributed by atoms with Gasteiger partial charge >= 0.3 is 0 Å². The first kappa shape index (κ1) is 18.9. The Morgan fingerprint density at radius 2 is 2.11 bits per heavy atom. The molecular weight excluding hydrogens is 372 g/mol. The van der Waals surface area contributed by atoms with Crippen molar-refractivity contribution in [2.75, 3.05) is 18.0 Å². The molecule has 0 N–H and O–H groups in total. The van der Waals surface area contributed by atoms with Gasteiger partial charge in [-0.15, -0.1) is 10.2 Å². The third-order valence-corrected chi connectivity index (χ3v) is 4.95. The average molecular weight is 389 g/mol. The van der Waals surface area contributed by atoms with Crippen LogP contribution in [-0.2, 0) is 11.2 Å². The summed E-state index contributed by atoms with van der Waals surface area (Å²) in [7, 11) is 0. The van der Waals surface area contributed by atoms with E-state index >= 15 is 0 Å². The van der Waals surface area contributed by atoms with Gasteiger partial charge in [-0.1, -0.05) is 6.92 Å². The van der Waals surface area contributed by atoms with E-state index in [9.17, 15) is 20.0 Å². The second-order valence-electron chi connectivity index (χ2n) is 5.91. The van der Waals surface area contributed by atoms with Crippen LogP contribution in [0.2, 0.25) is 0 Å². The van der Waals surface area contributed by atoms with Crippen LogP contribution in [-0.4, -0.2) is 34.2 Å². The fraction of sp³-hybridized carbons (Fsp3) is 0.353. The van der Waals surface area contributed by atoms with Crippen molar-refractivity contribution in [2.24, 2.45) is 0 Å². The highest BCUT2D eigenvalue weighted by atomic mass is 32.2. The number of aryl methyl sites for hydroxylation is 1. The fourth-order valence-electron chi connectivity index (χ4n) is 2.80.